The van der Waals surface area contributed by atoms with Gasteiger partial charge in [-0.3, -0.25) is 9.78 Å². The minimum atomic E-state index is -3.87. The molecule has 1 aromatic carbocycles. The maximum absolute atomic E-state index is 13.2. The molecule has 0 unspecified atom stereocenters. The van der Waals surface area contributed by atoms with Gasteiger partial charge in [0.1, 0.15) is 11.5 Å². The van der Waals surface area contributed by atoms with Crippen molar-refractivity contribution in [2.45, 2.75) is 24.3 Å². The van der Waals surface area contributed by atoms with Gasteiger partial charge in [-0.05, 0) is 36.2 Å². The number of nitrogens with one attached hydrogen (secondary N) is 1. The standard InChI is InChI=1S/C19H18ClFN4O3S/c1-25-12-22-11-14(25)3-7-19(26)18-6-2-13(9-23-18)10-24-29(27,28)15-4-5-17(21)16(20)8-15/h2,4-6,8-9,11-12,24H,3,7,10H2,1H3. The van der Waals surface area contributed by atoms with Gasteiger partial charge in [0.25, 0.3) is 0 Å². The third-order valence-electron chi connectivity index (χ3n) is 4.30. The Morgan fingerprint density at radius 1 is 1.24 bits per heavy atom. The summed E-state index contributed by atoms with van der Waals surface area (Å²) < 4.78 is 42.0. The lowest BCUT2D eigenvalue weighted by atomic mass is 10.1. The zero-order chi connectivity index (χ0) is 21.0. The topological polar surface area (TPSA) is 94.0 Å². The summed E-state index contributed by atoms with van der Waals surface area (Å²) in [6.07, 6.45) is 5.68. The Hall–Kier alpha value is -2.62. The second kappa shape index (κ2) is 8.81. The summed E-state index contributed by atoms with van der Waals surface area (Å²) in [7, 11) is -2.00. The molecule has 1 N–H and O–H groups in total. The molecule has 0 radical (unpaired) electrons. The van der Waals surface area contributed by atoms with Gasteiger partial charge in [0.05, 0.1) is 16.2 Å². The molecule has 0 bridgehead atoms. The molecule has 0 amide bonds. The van der Waals surface area contributed by atoms with Gasteiger partial charge >= 0.3 is 0 Å². The first-order valence-electron chi connectivity index (χ1n) is 8.64. The maximum Gasteiger partial charge on any atom is 0.240 e. The van der Waals surface area contributed by atoms with E-state index in [0.29, 0.717) is 24.1 Å². The largest absolute Gasteiger partial charge is 0.338 e. The van der Waals surface area contributed by atoms with Gasteiger partial charge in [0, 0.05) is 38.1 Å². The van der Waals surface area contributed by atoms with E-state index in [-0.39, 0.29) is 22.2 Å². The number of nitrogens with zero attached hydrogens (tertiary/aromatic N) is 3. The van der Waals surface area contributed by atoms with Crippen LogP contribution in [-0.2, 0) is 30.0 Å². The summed E-state index contributed by atoms with van der Waals surface area (Å²) in [6, 6.07) is 6.35. The molecule has 2 aromatic heterocycles. The highest BCUT2D eigenvalue weighted by molar-refractivity contribution is 7.89. The molecule has 29 heavy (non-hydrogen) atoms. The van der Waals surface area contributed by atoms with Crippen molar-refractivity contribution in [1.82, 2.24) is 19.3 Å². The van der Waals surface area contributed by atoms with Crippen molar-refractivity contribution in [3.8, 4) is 0 Å². The van der Waals surface area contributed by atoms with Crippen LogP contribution in [0.15, 0.2) is 53.9 Å². The summed E-state index contributed by atoms with van der Waals surface area (Å²) >= 11 is 5.64. The number of ketones is 1. The molecule has 0 spiro atoms. The molecule has 7 nitrogen and oxygen atoms in total. The van der Waals surface area contributed by atoms with E-state index < -0.39 is 15.8 Å². The SMILES string of the molecule is Cn1cncc1CCC(=O)c1ccc(CNS(=O)(=O)c2ccc(F)c(Cl)c2)cn1. The second-order valence-corrected chi connectivity index (χ2v) is 8.55. The Kier molecular flexibility index (Phi) is 6.41. The van der Waals surface area contributed by atoms with E-state index in [4.69, 9.17) is 11.6 Å². The number of halogens is 2. The molecule has 0 atom stereocenters. The summed E-state index contributed by atoms with van der Waals surface area (Å²) in [4.78, 5) is 20.3. The van der Waals surface area contributed by atoms with Crippen molar-refractivity contribution in [3.63, 3.8) is 0 Å². The van der Waals surface area contributed by atoms with Gasteiger partial charge < -0.3 is 4.57 Å². The summed E-state index contributed by atoms with van der Waals surface area (Å²) in [5, 5.41) is -0.275. The van der Waals surface area contributed by atoms with Gasteiger partial charge in [-0.25, -0.2) is 22.5 Å². The minimum Gasteiger partial charge on any atom is -0.338 e. The number of rotatable bonds is 8. The Bertz CT molecular complexity index is 1130. The van der Waals surface area contributed by atoms with Crippen LogP contribution < -0.4 is 4.72 Å². The highest BCUT2D eigenvalue weighted by Gasteiger charge is 2.16. The summed E-state index contributed by atoms with van der Waals surface area (Å²) in [6.45, 7) is -0.0339. The van der Waals surface area contributed by atoms with Gasteiger partial charge in [-0.15, -0.1) is 0 Å². The summed E-state index contributed by atoms with van der Waals surface area (Å²) in [5.41, 5.74) is 1.83. The fourth-order valence-corrected chi connectivity index (χ4v) is 3.88. The monoisotopic (exact) mass is 436 g/mol. The number of hydrogen-bond acceptors (Lipinski definition) is 5. The quantitative estimate of drug-likeness (QED) is 0.548. The normalized spacial score (nSPS) is 11.6. The highest BCUT2D eigenvalue weighted by Crippen LogP contribution is 2.19. The Balaban J connectivity index is 1.59. The van der Waals surface area contributed by atoms with Gasteiger partial charge in [-0.2, -0.15) is 0 Å². The van der Waals surface area contributed by atoms with Crippen molar-refractivity contribution in [2.75, 3.05) is 0 Å². The molecule has 0 fully saturated rings. The number of aromatic nitrogens is 3. The number of sulfonamides is 1. The number of benzene rings is 1. The number of imidazole rings is 1. The second-order valence-electron chi connectivity index (χ2n) is 6.37. The molecule has 10 heteroatoms. The lowest BCUT2D eigenvalue weighted by molar-refractivity contribution is 0.0977. The Morgan fingerprint density at radius 3 is 2.66 bits per heavy atom. The van der Waals surface area contributed by atoms with Crippen molar-refractivity contribution in [1.29, 1.82) is 0 Å². The molecule has 0 aliphatic carbocycles. The van der Waals surface area contributed by atoms with Crippen LogP contribution in [0, 0.1) is 5.82 Å². The van der Waals surface area contributed by atoms with Crippen LogP contribution in [-0.4, -0.2) is 28.7 Å². The number of carbonyl (C=O) groups excluding carboxylic acids is 1. The predicted octanol–water partition coefficient (Wildman–Crippen LogP) is 2.90. The van der Waals surface area contributed by atoms with E-state index >= 15 is 0 Å². The molecule has 0 aliphatic heterocycles. The number of hydrogen-bond donors (Lipinski definition) is 1. The third-order valence-corrected chi connectivity index (χ3v) is 5.99. The van der Waals surface area contributed by atoms with E-state index in [2.05, 4.69) is 14.7 Å². The molecule has 152 valence electrons. The molecule has 0 saturated carbocycles. The fraction of sp³-hybridized carbons (Fsp3) is 0.211. The van der Waals surface area contributed by atoms with Gasteiger partial charge in [-0.1, -0.05) is 17.7 Å². The molecule has 2 heterocycles. The van der Waals surface area contributed by atoms with Crippen LogP contribution in [0.3, 0.4) is 0 Å². The zero-order valence-corrected chi connectivity index (χ0v) is 17.0. The fourth-order valence-electron chi connectivity index (χ4n) is 2.59. The number of pyridine rings is 1. The Labute approximate surface area is 172 Å². The first-order chi connectivity index (χ1) is 13.8. The van der Waals surface area contributed by atoms with Crippen molar-refractivity contribution in [3.05, 3.63) is 76.8 Å². The molecule has 3 aromatic rings. The van der Waals surface area contributed by atoms with Crippen LogP contribution >= 0.6 is 11.6 Å². The van der Waals surface area contributed by atoms with Crippen LogP contribution in [0.25, 0.3) is 0 Å². The van der Waals surface area contributed by atoms with E-state index in [1.165, 1.54) is 6.20 Å². The predicted molar refractivity (Wildman–Crippen MR) is 106 cm³/mol. The third kappa shape index (κ3) is 5.26. The number of carbonyl (C=O) groups is 1. The van der Waals surface area contributed by atoms with Crippen molar-refractivity contribution < 1.29 is 17.6 Å². The van der Waals surface area contributed by atoms with E-state index in [0.717, 1.165) is 23.9 Å². The minimum absolute atomic E-state index is 0.0339. The number of Topliss-reactive ketones (excluding diaryl/α,β-unsaturated/α-hetero) is 1. The molecular formula is C19H18ClFN4O3S. The lowest BCUT2D eigenvalue weighted by Crippen LogP contribution is -2.23. The van der Waals surface area contributed by atoms with E-state index in [1.54, 1.807) is 24.7 Å². The number of aryl methyl sites for hydroxylation is 2. The van der Waals surface area contributed by atoms with Crippen LogP contribution in [0.2, 0.25) is 5.02 Å². The first kappa shape index (κ1) is 21.1. The van der Waals surface area contributed by atoms with E-state index in [9.17, 15) is 17.6 Å². The molecular weight excluding hydrogens is 419 g/mol. The van der Waals surface area contributed by atoms with Gasteiger partial charge in [0.15, 0.2) is 5.78 Å². The molecule has 0 aliphatic rings. The van der Waals surface area contributed by atoms with Crippen LogP contribution in [0.1, 0.15) is 28.2 Å². The van der Waals surface area contributed by atoms with Crippen LogP contribution in [0.5, 0.6) is 0 Å². The molecule has 0 saturated heterocycles. The smallest absolute Gasteiger partial charge is 0.240 e. The highest BCUT2D eigenvalue weighted by atomic mass is 35.5. The summed E-state index contributed by atoms with van der Waals surface area (Å²) in [5.74, 6) is -0.808. The average Bonchev–Trinajstić information content (AvgIpc) is 3.12. The average molecular weight is 437 g/mol. The van der Waals surface area contributed by atoms with Crippen molar-refractivity contribution in [2.24, 2.45) is 7.05 Å². The van der Waals surface area contributed by atoms with Crippen molar-refractivity contribution >= 4 is 27.4 Å². The van der Waals surface area contributed by atoms with E-state index in [1.807, 2.05) is 11.6 Å². The lowest BCUT2D eigenvalue weighted by Gasteiger charge is -2.08. The molecule has 3 rings (SSSR count). The van der Waals surface area contributed by atoms with Crippen LogP contribution in [0.4, 0.5) is 4.39 Å². The zero-order valence-electron chi connectivity index (χ0n) is 15.5. The first-order valence-corrected chi connectivity index (χ1v) is 10.5. The Morgan fingerprint density at radius 2 is 2.03 bits per heavy atom. The maximum atomic E-state index is 13.2. The van der Waals surface area contributed by atoms with Gasteiger partial charge in [0.2, 0.25) is 10.0 Å².